The molecule has 1 unspecified atom stereocenters. The monoisotopic (exact) mass is 467 g/mol. The maximum Gasteiger partial charge on any atom is 0.232 e. The fourth-order valence-electron chi connectivity index (χ4n) is 3.83. The van der Waals surface area contributed by atoms with Gasteiger partial charge in [-0.15, -0.1) is 0 Å². The first kappa shape index (κ1) is 23.4. The van der Waals surface area contributed by atoms with Gasteiger partial charge in [-0.1, -0.05) is 19.0 Å². The number of aromatic nitrogens is 2. The Morgan fingerprint density at radius 1 is 1.06 bits per heavy atom. The number of hydrogen-bond acceptors (Lipinski definition) is 8. The van der Waals surface area contributed by atoms with E-state index in [0.717, 1.165) is 11.3 Å². The highest BCUT2D eigenvalue weighted by Gasteiger charge is 2.36. The zero-order valence-corrected chi connectivity index (χ0v) is 20.0. The van der Waals surface area contributed by atoms with Crippen molar-refractivity contribution in [3.8, 4) is 34.4 Å². The van der Waals surface area contributed by atoms with Gasteiger partial charge < -0.3 is 28.4 Å². The standard InChI is InChI=1S/C25H29N3O6/c1-15(2)14-33-19-8-6-16(7-9-19)24-26-25(34-27-24)17-10-22(29)28(13-17)18-11-20(30-3)23(32-5)21(12-18)31-4/h6-9,11-12,15,17H,10,13-14H2,1-5H3. The van der Waals surface area contributed by atoms with Crippen LogP contribution in [-0.2, 0) is 4.79 Å². The van der Waals surface area contributed by atoms with Crippen molar-refractivity contribution in [1.29, 1.82) is 0 Å². The van der Waals surface area contributed by atoms with Gasteiger partial charge in [0.25, 0.3) is 0 Å². The van der Waals surface area contributed by atoms with Crippen molar-refractivity contribution < 1.29 is 28.3 Å². The van der Waals surface area contributed by atoms with E-state index in [0.29, 0.717) is 53.7 Å². The molecule has 0 spiro atoms. The third-order valence-electron chi connectivity index (χ3n) is 5.57. The lowest BCUT2D eigenvalue weighted by molar-refractivity contribution is -0.117. The molecule has 1 aliphatic rings. The van der Waals surface area contributed by atoms with Crippen LogP contribution < -0.4 is 23.8 Å². The Hall–Kier alpha value is -3.75. The molecule has 2 heterocycles. The van der Waals surface area contributed by atoms with Gasteiger partial charge in [-0.3, -0.25) is 4.79 Å². The molecule has 9 nitrogen and oxygen atoms in total. The molecule has 0 aliphatic carbocycles. The Bertz CT molecular complexity index is 1120. The van der Waals surface area contributed by atoms with Crippen LogP contribution in [0.4, 0.5) is 5.69 Å². The number of ether oxygens (including phenoxy) is 4. The van der Waals surface area contributed by atoms with E-state index in [2.05, 4.69) is 24.0 Å². The summed E-state index contributed by atoms with van der Waals surface area (Å²) in [7, 11) is 4.62. The summed E-state index contributed by atoms with van der Waals surface area (Å²) in [6.45, 7) is 5.27. The van der Waals surface area contributed by atoms with Gasteiger partial charge in [0, 0.05) is 30.7 Å². The largest absolute Gasteiger partial charge is 0.493 e. The van der Waals surface area contributed by atoms with Gasteiger partial charge in [-0.2, -0.15) is 4.98 Å². The summed E-state index contributed by atoms with van der Waals surface area (Å²) in [6, 6.07) is 11.1. The minimum absolute atomic E-state index is 0.0503. The van der Waals surface area contributed by atoms with Crippen molar-refractivity contribution in [3.05, 3.63) is 42.3 Å². The first-order valence-electron chi connectivity index (χ1n) is 11.1. The number of carbonyl (C=O) groups is 1. The molecule has 1 saturated heterocycles. The van der Waals surface area contributed by atoms with Crippen LogP contribution in [0, 0.1) is 5.92 Å². The molecular weight excluding hydrogens is 438 g/mol. The summed E-state index contributed by atoms with van der Waals surface area (Å²) >= 11 is 0. The highest BCUT2D eigenvalue weighted by molar-refractivity contribution is 5.97. The highest BCUT2D eigenvalue weighted by Crippen LogP contribution is 2.43. The molecule has 180 valence electrons. The number of rotatable bonds is 9. The quantitative estimate of drug-likeness (QED) is 0.459. The van der Waals surface area contributed by atoms with Gasteiger partial charge in [0.15, 0.2) is 11.5 Å². The number of nitrogens with zero attached hydrogens (tertiary/aromatic N) is 3. The van der Waals surface area contributed by atoms with Gasteiger partial charge in [-0.05, 0) is 30.2 Å². The lowest BCUT2D eigenvalue weighted by Gasteiger charge is -2.20. The average molecular weight is 468 g/mol. The van der Waals surface area contributed by atoms with Crippen molar-refractivity contribution >= 4 is 11.6 Å². The van der Waals surface area contributed by atoms with Gasteiger partial charge >= 0.3 is 0 Å². The number of carbonyl (C=O) groups excluding carboxylic acids is 1. The molecular formula is C25H29N3O6. The summed E-state index contributed by atoms with van der Waals surface area (Å²) in [5.74, 6) is 3.31. The molecule has 2 aromatic carbocycles. The molecule has 4 rings (SSSR count). The lowest BCUT2D eigenvalue weighted by atomic mass is 10.1. The van der Waals surface area contributed by atoms with Crippen LogP contribution in [0.2, 0.25) is 0 Å². The van der Waals surface area contributed by atoms with E-state index >= 15 is 0 Å². The van der Waals surface area contributed by atoms with Crippen molar-refractivity contribution in [1.82, 2.24) is 10.1 Å². The maximum absolute atomic E-state index is 12.8. The minimum atomic E-state index is -0.221. The van der Waals surface area contributed by atoms with E-state index in [-0.39, 0.29) is 18.2 Å². The lowest BCUT2D eigenvalue weighted by Crippen LogP contribution is -2.24. The molecule has 34 heavy (non-hydrogen) atoms. The van der Waals surface area contributed by atoms with Gasteiger partial charge in [-0.25, -0.2) is 0 Å². The maximum atomic E-state index is 12.8. The van der Waals surface area contributed by atoms with Crippen LogP contribution in [0.1, 0.15) is 32.1 Å². The molecule has 0 saturated carbocycles. The summed E-state index contributed by atoms with van der Waals surface area (Å²) in [5.41, 5.74) is 1.47. The zero-order chi connectivity index (χ0) is 24.2. The Morgan fingerprint density at radius 2 is 1.74 bits per heavy atom. The number of benzene rings is 2. The molecule has 9 heteroatoms. The molecule has 1 amide bonds. The first-order valence-corrected chi connectivity index (χ1v) is 11.1. The predicted molar refractivity (Wildman–Crippen MR) is 126 cm³/mol. The summed E-state index contributed by atoms with van der Waals surface area (Å²) in [6.07, 6.45) is 0.264. The average Bonchev–Trinajstić information content (AvgIpc) is 3.49. The predicted octanol–water partition coefficient (Wildman–Crippen LogP) is 4.32. The van der Waals surface area contributed by atoms with E-state index in [1.165, 1.54) is 7.11 Å². The summed E-state index contributed by atoms with van der Waals surface area (Å²) < 4.78 is 27.5. The van der Waals surface area contributed by atoms with Crippen molar-refractivity contribution in [2.24, 2.45) is 5.92 Å². The Morgan fingerprint density at radius 3 is 2.32 bits per heavy atom. The minimum Gasteiger partial charge on any atom is -0.493 e. The molecule has 1 atom stereocenters. The van der Waals surface area contributed by atoms with Crippen LogP contribution in [0.15, 0.2) is 40.9 Å². The Balaban J connectivity index is 1.50. The van der Waals surface area contributed by atoms with Gasteiger partial charge in [0.1, 0.15) is 5.75 Å². The van der Waals surface area contributed by atoms with Crippen LogP contribution >= 0.6 is 0 Å². The number of anilines is 1. The fourth-order valence-corrected chi connectivity index (χ4v) is 3.83. The molecule has 0 N–H and O–H groups in total. The molecule has 1 fully saturated rings. The number of methoxy groups -OCH3 is 3. The molecule has 0 bridgehead atoms. The number of amides is 1. The van der Waals surface area contributed by atoms with E-state index in [9.17, 15) is 4.79 Å². The Labute approximate surface area is 198 Å². The van der Waals surface area contributed by atoms with E-state index in [4.69, 9.17) is 23.5 Å². The molecule has 0 radical (unpaired) electrons. The normalized spacial score (nSPS) is 15.6. The second kappa shape index (κ2) is 10.0. The van der Waals surface area contributed by atoms with E-state index in [1.807, 2.05) is 24.3 Å². The molecule has 1 aliphatic heterocycles. The first-order chi connectivity index (χ1) is 16.4. The SMILES string of the molecule is COc1cc(N2CC(c3nc(-c4ccc(OCC(C)C)cc4)no3)CC2=O)cc(OC)c1OC. The third-order valence-corrected chi connectivity index (χ3v) is 5.57. The molecule has 1 aromatic heterocycles. The van der Waals surface area contributed by atoms with Crippen LogP contribution in [0.25, 0.3) is 11.4 Å². The van der Waals surface area contributed by atoms with E-state index < -0.39 is 0 Å². The summed E-state index contributed by atoms with van der Waals surface area (Å²) in [5, 5.41) is 4.12. The van der Waals surface area contributed by atoms with Crippen LogP contribution in [0.3, 0.4) is 0 Å². The highest BCUT2D eigenvalue weighted by atomic mass is 16.5. The summed E-state index contributed by atoms with van der Waals surface area (Å²) in [4.78, 5) is 19.1. The third kappa shape index (κ3) is 4.78. The van der Waals surface area contributed by atoms with Gasteiger partial charge in [0.05, 0.1) is 39.5 Å². The van der Waals surface area contributed by atoms with Crippen molar-refractivity contribution in [2.75, 3.05) is 39.4 Å². The Kier molecular flexibility index (Phi) is 6.90. The smallest absolute Gasteiger partial charge is 0.232 e. The topological polar surface area (TPSA) is 96.2 Å². The second-order valence-corrected chi connectivity index (χ2v) is 8.47. The number of hydrogen-bond donors (Lipinski definition) is 0. The van der Waals surface area contributed by atoms with Crippen LogP contribution in [-0.4, -0.2) is 50.5 Å². The van der Waals surface area contributed by atoms with Gasteiger partial charge in [0.2, 0.25) is 23.4 Å². The van der Waals surface area contributed by atoms with Crippen molar-refractivity contribution in [3.63, 3.8) is 0 Å². The molecule has 3 aromatic rings. The van der Waals surface area contributed by atoms with Crippen LogP contribution in [0.5, 0.6) is 23.0 Å². The zero-order valence-electron chi connectivity index (χ0n) is 20.0. The van der Waals surface area contributed by atoms with E-state index in [1.54, 1.807) is 31.3 Å². The second-order valence-electron chi connectivity index (χ2n) is 8.47. The fraction of sp³-hybridized carbons (Fsp3) is 0.400. The van der Waals surface area contributed by atoms with Crippen molar-refractivity contribution in [2.45, 2.75) is 26.2 Å².